The van der Waals surface area contributed by atoms with E-state index in [-0.39, 0.29) is 18.2 Å². The van der Waals surface area contributed by atoms with E-state index < -0.39 is 11.9 Å². The second kappa shape index (κ2) is 8.43. The zero-order valence-corrected chi connectivity index (χ0v) is 20.3. The molecule has 6 rings (SSSR count). The number of para-hydroxylation sites is 1. The molecule has 0 N–H and O–H groups in total. The van der Waals surface area contributed by atoms with E-state index in [2.05, 4.69) is 28.0 Å². The minimum atomic E-state index is -4.50. The predicted octanol–water partition coefficient (Wildman–Crippen LogP) is 4.64. The molecule has 7 nitrogen and oxygen atoms in total. The van der Waals surface area contributed by atoms with Gasteiger partial charge in [-0.05, 0) is 23.6 Å². The number of imidazole rings is 1. The molecule has 2 aromatic heterocycles. The molecule has 0 fully saturated rings. The van der Waals surface area contributed by atoms with Crippen LogP contribution in [0.25, 0.3) is 22.8 Å². The van der Waals surface area contributed by atoms with Crippen LogP contribution in [0.2, 0.25) is 0 Å². The van der Waals surface area contributed by atoms with E-state index in [4.69, 9.17) is 4.98 Å². The molecule has 0 unspecified atom stereocenters. The molecule has 0 radical (unpaired) electrons. The largest absolute Gasteiger partial charge is 0.434 e. The SMILES string of the molecule is CN1CCc2cccc(-c3ncc4c(n3)N(Cc3ccc(-c5nc(C(F)(F)F)cn5C)cc3)C(=O)C4)c21. The van der Waals surface area contributed by atoms with Gasteiger partial charge in [-0.1, -0.05) is 36.4 Å². The van der Waals surface area contributed by atoms with E-state index in [1.54, 1.807) is 35.4 Å². The minimum Gasteiger partial charge on any atom is -0.373 e. The van der Waals surface area contributed by atoms with Crippen molar-refractivity contribution in [2.75, 3.05) is 23.4 Å². The molecular formula is C27H23F3N6O. The third kappa shape index (κ3) is 4.02. The van der Waals surface area contributed by atoms with Crippen LogP contribution in [0, 0.1) is 0 Å². The number of carbonyl (C=O) groups excluding carboxylic acids is 1. The Labute approximate surface area is 211 Å². The van der Waals surface area contributed by atoms with Gasteiger partial charge in [-0.25, -0.2) is 15.0 Å². The first-order chi connectivity index (χ1) is 17.7. The first-order valence-corrected chi connectivity index (χ1v) is 11.9. The zero-order valence-electron chi connectivity index (χ0n) is 20.3. The number of likely N-dealkylation sites (N-methyl/N-ethyl adjacent to an activating group) is 1. The third-order valence-corrected chi connectivity index (χ3v) is 6.92. The van der Waals surface area contributed by atoms with Crippen molar-refractivity contribution < 1.29 is 18.0 Å². The van der Waals surface area contributed by atoms with Crippen molar-refractivity contribution in [3.8, 4) is 22.8 Å². The van der Waals surface area contributed by atoms with Gasteiger partial charge in [0, 0.05) is 49.7 Å². The lowest BCUT2D eigenvalue weighted by molar-refractivity contribution is -0.140. The first-order valence-electron chi connectivity index (χ1n) is 11.9. The molecule has 0 spiro atoms. The lowest BCUT2D eigenvalue weighted by Gasteiger charge is -2.19. The molecule has 2 aliphatic heterocycles. The van der Waals surface area contributed by atoms with Crippen LogP contribution in [-0.4, -0.2) is 39.0 Å². The van der Waals surface area contributed by atoms with Crippen LogP contribution in [0.15, 0.2) is 54.9 Å². The second-order valence-corrected chi connectivity index (χ2v) is 9.44. The molecule has 4 aromatic rings. The maximum absolute atomic E-state index is 13.0. The fourth-order valence-corrected chi connectivity index (χ4v) is 5.06. The standard InChI is InChI=1S/C27H23F3N6O/c1-34-11-10-17-4-3-5-20(23(17)34)24-31-13-19-12-22(37)36(26(19)33-24)14-16-6-8-18(9-7-16)25-32-21(15-35(25)2)27(28,29)30/h3-9,13,15H,10-12,14H2,1-2H3. The van der Waals surface area contributed by atoms with Crippen LogP contribution >= 0.6 is 0 Å². The fraction of sp³-hybridized carbons (Fsp3) is 0.259. The molecule has 0 atom stereocenters. The number of benzene rings is 2. The van der Waals surface area contributed by atoms with Crippen LogP contribution in [0.4, 0.5) is 24.7 Å². The highest BCUT2D eigenvalue weighted by Crippen LogP contribution is 2.38. The summed E-state index contributed by atoms with van der Waals surface area (Å²) in [5.74, 6) is 1.32. The van der Waals surface area contributed by atoms with Crippen LogP contribution < -0.4 is 9.80 Å². The normalized spacial score (nSPS) is 14.9. The van der Waals surface area contributed by atoms with Gasteiger partial charge in [0.05, 0.1) is 18.7 Å². The molecule has 37 heavy (non-hydrogen) atoms. The zero-order chi connectivity index (χ0) is 25.9. The summed E-state index contributed by atoms with van der Waals surface area (Å²) >= 11 is 0. The van der Waals surface area contributed by atoms with Gasteiger partial charge in [0.25, 0.3) is 0 Å². The summed E-state index contributed by atoms with van der Waals surface area (Å²) in [5.41, 5.74) is 4.55. The van der Waals surface area contributed by atoms with Crippen molar-refractivity contribution in [1.82, 2.24) is 19.5 Å². The van der Waals surface area contributed by atoms with E-state index in [0.29, 0.717) is 23.8 Å². The number of nitrogens with zero attached hydrogens (tertiary/aromatic N) is 6. The quantitative estimate of drug-likeness (QED) is 0.405. The van der Waals surface area contributed by atoms with Gasteiger partial charge in [0.15, 0.2) is 11.5 Å². The molecule has 4 heterocycles. The Kier molecular flexibility index (Phi) is 5.29. The lowest BCUT2D eigenvalue weighted by Crippen LogP contribution is -2.26. The number of aromatic nitrogens is 4. The minimum absolute atomic E-state index is 0.0696. The van der Waals surface area contributed by atoms with E-state index in [9.17, 15) is 18.0 Å². The van der Waals surface area contributed by atoms with Crippen molar-refractivity contribution in [2.45, 2.75) is 25.6 Å². The number of amides is 1. The third-order valence-electron chi connectivity index (χ3n) is 6.92. The number of alkyl halides is 3. The Morgan fingerprint density at radius 1 is 1.00 bits per heavy atom. The van der Waals surface area contributed by atoms with Crippen LogP contribution in [0.1, 0.15) is 22.4 Å². The summed E-state index contributed by atoms with van der Waals surface area (Å²) in [6, 6.07) is 13.1. The monoisotopic (exact) mass is 504 g/mol. The topological polar surface area (TPSA) is 67.2 Å². The number of hydrogen-bond acceptors (Lipinski definition) is 5. The molecule has 0 aliphatic carbocycles. The molecule has 10 heteroatoms. The summed E-state index contributed by atoms with van der Waals surface area (Å²) < 4.78 is 40.5. The average molecular weight is 505 g/mol. The van der Waals surface area contributed by atoms with Crippen LogP contribution in [0.3, 0.4) is 0 Å². The maximum atomic E-state index is 13.0. The van der Waals surface area contributed by atoms with Gasteiger partial charge in [-0.2, -0.15) is 13.2 Å². The van der Waals surface area contributed by atoms with Gasteiger partial charge in [-0.15, -0.1) is 0 Å². The van der Waals surface area contributed by atoms with Gasteiger partial charge in [-0.3, -0.25) is 9.69 Å². The summed E-state index contributed by atoms with van der Waals surface area (Å²) in [6.45, 7) is 1.23. The fourth-order valence-electron chi connectivity index (χ4n) is 5.06. The van der Waals surface area contributed by atoms with Crippen molar-refractivity contribution in [3.63, 3.8) is 0 Å². The predicted molar refractivity (Wildman–Crippen MR) is 133 cm³/mol. The van der Waals surface area contributed by atoms with Crippen LogP contribution in [-0.2, 0) is 37.4 Å². The highest BCUT2D eigenvalue weighted by molar-refractivity contribution is 6.00. The highest BCUT2D eigenvalue weighted by atomic mass is 19.4. The average Bonchev–Trinajstić information content (AvgIpc) is 3.54. The summed E-state index contributed by atoms with van der Waals surface area (Å²) in [7, 11) is 3.58. The molecule has 1 amide bonds. The Balaban J connectivity index is 1.28. The number of hydrogen-bond donors (Lipinski definition) is 0. The Morgan fingerprint density at radius 2 is 1.78 bits per heavy atom. The molecule has 0 saturated heterocycles. The Bertz CT molecular complexity index is 1530. The van der Waals surface area contributed by atoms with Crippen molar-refractivity contribution in [3.05, 3.63) is 77.2 Å². The van der Waals surface area contributed by atoms with Gasteiger partial charge in [0.2, 0.25) is 5.91 Å². The molecular weight excluding hydrogens is 481 g/mol. The van der Waals surface area contributed by atoms with Crippen molar-refractivity contribution in [1.29, 1.82) is 0 Å². The van der Waals surface area contributed by atoms with Gasteiger partial charge >= 0.3 is 6.18 Å². The van der Waals surface area contributed by atoms with Crippen molar-refractivity contribution in [2.24, 2.45) is 7.05 Å². The first kappa shape index (κ1) is 23.2. The highest BCUT2D eigenvalue weighted by Gasteiger charge is 2.35. The number of halogens is 3. The summed E-state index contributed by atoms with van der Waals surface area (Å²) in [5, 5.41) is 0. The molecule has 2 aliphatic rings. The van der Waals surface area contributed by atoms with E-state index in [0.717, 1.165) is 41.5 Å². The van der Waals surface area contributed by atoms with E-state index >= 15 is 0 Å². The van der Waals surface area contributed by atoms with Gasteiger partial charge < -0.3 is 9.47 Å². The number of aryl methyl sites for hydroxylation is 1. The van der Waals surface area contributed by atoms with Crippen molar-refractivity contribution >= 4 is 17.4 Å². The number of rotatable bonds is 4. The molecule has 2 aromatic carbocycles. The second-order valence-electron chi connectivity index (χ2n) is 9.44. The lowest BCUT2D eigenvalue weighted by atomic mass is 10.1. The number of carbonyl (C=O) groups is 1. The number of anilines is 2. The Morgan fingerprint density at radius 3 is 2.51 bits per heavy atom. The number of fused-ring (bicyclic) bond motifs is 2. The van der Waals surface area contributed by atoms with Crippen LogP contribution in [0.5, 0.6) is 0 Å². The summed E-state index contributed by atoms with van der Waals surface area (Å²) in [6.07, 6.45) is -0.600. The van der Waals surface area contributed by atoms with Gasteiger partial charge in [0.1, 0.15) is 11.6 Å². The molecule has 0 bridgehead atoms. The molecule has 0 saturated carbocycles. The Hall–Kier alpha value is -4.21. The summed E-state index contributed by atoms with van der Waals surface area (Å²) in [4.78, 5) is 29.9. The smallest absolute Gasteiger partial charge is 0.373 e. The maximum Gasteiger partial charge on any atom is 0.434 e. The van der Waals surface area contributed by atoms with E-state index in [1.165, 1.54) is 17.2 Å². The molecule has 188 valence electrons. The van der Waals surface area contributed by atoms with E-state index in [1.807, 2.05) is 12.1 Å².